The summed E-state index contributed by atoms with van der Waals surface area (Å²) >= 11 is 0. The summed E-state index contributed by atoms with van der Waals surface area (Å²) in [6.45, 7) is 13.1. The molecule has 2 aromatic rings. The Balaban J connectivity index is 0.000000181. The highest BCUT2D eigenvalue weighted by atomic mass is 16.5. The molecule has 6 atom stereocenters. The minimum Gasteiger partial charge on any atom is -0.493 e. The van der Waals surface area contributed by atoms with Crippen LogP contribution in [0.5, 0.6) is 23.0 Å². The Hall–Kier alpha value is -2.52. The smallest absolute Gasteiger partial charge is 0.161 e. The molecule has 4 aliphatic rings. The van der Waals surface area contributed by atoms with E-state index in [4.69, 9.17) is 18.9 Å². The molecule has 2 fully saturated rings. The molecule has 0 amide bonds. The maximum absolute atomic E-state index is 10.6. The van der Waals surface area contributed by atoms with Gasteiger partial charge in [0, 0.05) is 38.3 Å². The Labute approximate surface area is 277 Å². The summed E-state index contributed by atoms with van der Waals surface area (Å²) in [6, 6.07) is 9.05. The average molecular weight is 639 g/mol. The van der Waals surface area contributed by atoms with E-state index in [0.29, 0.717) is 35.8 Å². The van der Waals surface area contributed by atoms with Crippen LogP contribution in [0, 0.1) is 23.7 Å². The van der Waals surface area contributed by atoms with Crippen LogP contribution in [-0.2, 0) is 12.8 Å². The quantitative estimate of drug-likeness (QED) is 0.361. The molecule has 2 N–H and O–H groups in total. The lowest BCUT2D eigenvalue weighted by atomic mass is 9.79. The van der Waals surface area contributed by atoms with Crippen LogP contribution in [0.4, 0.5) is 0 Å². The van der Waals surface area contributed by atoms with Gasteiger partial charge in [-0.3, -0.25) is 9.80 Å². The zero-order valence-electron chi connectivity index (χ0n) is 29.4. The molecule has 4 aliphatic heterocycles. The number of aliphatic hydroxyl groups excluding tert-OH is 2. The zero-order chi connectivity index (χ0) is 33.1. The van der Waals surface area contributed by atoms with Crippen molar-refractivity contribution in [3.05, 3.63) is 46.5 Å². The first kappa shape index (κ1) is 34.8. The van der Waals surface area contributed by atoms with Crippen LogP contribution >= 0.6 is 0 Å². The summed E-state index contributed by atoms with van der Waals surface area (Å²) in [7, 11) is 6.72. The van der Waals surface area contributed by atoms with Gasteiger partial charge in [-0.2, -0.15) is 0 Å². The summed E-state index contributed by atoms with van der Waals surface area (Å²) in [5.74, 6) is 5.22. The van der Waals surface area contributed by atoms with Crippen molar-refractivity contribution in [1.29, 1.82) is 0 Å². The number of methoxy groups -OCH3 is 4. The summed E-state index contributed by atoms with van der Waals surface area (Å²) in [6.07, 6.45) is 5.50. The third-order valence-electron chi connectivity index (χ3n) is 10.7. The normalized spacial score (nSPS) is 27.5. The lowest BCUT2D eigenvalue weighted by Crippen LogP contribution is -2.48. The predicted molar refractivity (Wildman–Crippen MR) is 182 cm³/mol. The topological polar surface area (TPSA) is 83.9 Å². The third-order valence-corrected chi connectivity index (χ3v) is 10.7. The van der Waals surface area contributed by atoms with Gasteiger partial charge in [-0.05, 0) is 109 Å². The van der Waals surface area contributed by atoms with Crippen molar-refractivity contribution in [3.63, 3.8) is 0 Å². The van der Waals surface area contributed by atoms with E-state index in [1.807, 2.05) is 0 Å². The summed E-state index contributed by atoms with van der Waals surface area (Å²) in [4.78, 5) is 5.10. The molecule has 8 nitrogen and oxygen atoms in total. The zero-order valence-corrected chi connectivity index (χ0v) is 29.4. The van der Waals surface area contributed by atoms with Gasteiger partial charge < -0.3 is 29.2 Å². The number of nitrogens with zero attached hydrogens (tertiary/aromatic N) is 2. The van der Waals surface area contributed by atoms with Gasteiger partial charge in [-0.15, -0.1) is 0 Å². The molecule has 3 unspecified atom stereocenters. The van der Waals surface area contributed by atoms with Gasteiger partial charge in [0.15, 0.2) is 23.0 Å². The van der Waals surface area contributed by atoms with Crippen molar-refractivity contribution in [2.45, 2.75) is 90.5 Å². The van der Waals surface area contributed by atoms with Gasteiger partial charge in [-0.25, -0.2) is 0 Å². The van der Waals surface area contributed by atoms with Crippen LogP contribution in [0.3, 0.4) is 0 Å². The van der Waals surface area contributed by atoms with E-state index in [1.54, 1.807) is 28.4 Å². The molecule has 0 bridgehead atoms. The number of fused-ring (bicyclic) bond motifs is 6. The molecule has 4 heterocycles. The molecule has 6 rings (SSSR count). The van der Waals surface area contributed by atoms with Crippen LogP contribution in [-0.4, -0.2) is 86.8 Å². The SMILES string of the molecule is COc1cc2c(cc1OC)C1CC(O)C(CC(C)C)CN1CC2.COc1cc2c(cc1OC)[C@H]1C[C@@H](O)[C@H](CC(C)C)CN1CC2. The van der Waals surface area contributed by atoms with Crippen molar-refractivity contribution >= 4 is 0 Å². The average Bonchev–Trinajstić information content (AvgIpc) is 3.04. The van der Waals surface area contributed by atoms with E-state index in [1.165, 1.54) is 22.3 Å². The minimum atomic E-state index is -0.210. The molecule has 0 radical (unpaired) electrons. The molecule has 2 aromatic carbocycles. The number of ether oxygens (including phenoxy) is 4. The highest BCUT2D eigenvalue weighted by Gasteiger charge is 2.40. The predicted octanol–water partition coefficient (Wildman–Crippen LogP) is 6.06. The molecule has 46 heavy (non-hydrogen) atoms. The summed E-state index contributed by atoms with van der Waals surface area (Å²) < 4.78 is 21.8. The van der Waals surface area contributed by atoms with Crippen molar-refractivity contribution in [2.75, 3.05) is 54.6 Å². The maximum Gasteiger partial charge on any atom is 0.161 e. The van der Waals surface area contributed by atoms with Crippen molar-refractivity contribution < 1.29 is 29.2 Å². The molecule has 0 saturated carbocycles. The second kappa shape index (κ2) is 15.1. The lowest BCUT2D eigenvalue weighted by Gasteiger charge is -2.46. The lowest BCUT2D eigenvalue weighted by molar-refractivity contribution is -0.0192. The number of piperidine rings is 2. The monoisotopic (exact) mass is 638 g/mol. The van der Waals surface area contributed by atoms with Gasteiger partial charge in [0.25, 0.3) is 0 Å². The van der Waals surface area contributed by atoms with Gasteiger partial charge in [0.1, 0.15) is 0 Å². The first-order valence-electron chi connectivity index (χ1n) is 17.4. The molecule has 0 spiro atoms. The largest absolute Gasteiger partial charge is 0.493 e. The first-order valence-corrected chi connectivity index (χ1v) is 17.4. The van der Waals surface area contributed by atoms with Crippen LogP contribution in [0.25, 0.3) is 0 Å². The van der Waals surface area contributed by atoms with Gasteiger partial charge >= 0.3 is 0 Å². The second-order valence-electron chi connectivity index (χ2n) is 14.7. The van der Waals surface area contributed by atoms with E-state index >= 15 is 0 Å². The van der Waals surface area contributed by atoms with Gasteiger partial charge in [0.2, 0.25) is 0 Å². The fraction of sp³-hybridized carbons (Fsp3) is 0.684. The minimum absolute atomic E-state index is 0.210. The number of aliphatic hydroxyl groups is 2. The van der Waals surface area contributed by atoms with Gasteiger partial charge in [-0.1, -0.05) is 27.7 Å². The van der Waals surface area contributed by atoms with E-state index in [-0.39, 0.29) is 12.2 Å². The maximum atomic E-state index is 10.6. The highest BCUT2D eigenvalue weighted by molar-refractivity contribution is 5.50. The first-order chi connectivity index (χ1) is 22.1. The standard InChI is InChI=1S/2C19H29NO3/c2*1-12(2)7-14-11-20-6-5-13-8-18(22-3)19(23-4)9-15(13)16(20)10-17(14)21/h2*8-9,12,14,16-17,21H,5-7,10-11H2,1-4H3/t14-,16-,17-;/m1./s1. The number of hydrogen-bond donors (Lipinski definition) is 2. The Morgan fingerprint density at radius 3 is 1.28 bits per heavy atom. The second-order valence-corrected chi connectivity index (χ2v) is 14.7. The molecule has 2 saturated heterocycles. The van der Waals surface area contributed by atoms with Crippen molar-refractivity contribution in [1.82, 2.24) is 9.80 Å². The Morgan fingerprint density at radius 2 is 0.957 bits per heavy atom. The van der Waals surface area contributed by atoms with Crippen LogP contribution < -0.4 is 18.9 Å². The van der Waals surface area contributed by atoms with E-state index in [0.717, 1.165) is 87.7 Å². The molecular formula is C38H58N2O6. The fourth-order valence-corrected chi connectivity index (χ4v) is 8.51. The van der Waals surface area contributed by atoms with Crippen LogP contribution in [0.2, 0.25) is 0 Å². The Kier molecular flexibility index (Phi) is 11.5. The molecule has 8 heteroatoms. The Bertz CT molecular complexity index is 1220. The number of benzene rings is 2. The number of rotatable bonds is 8. The summed E-state index contributed by atoms with van der Waals surface area (Å²) in [5.41, 5.74) is 5.27. The van der Waals surface area contributed by atoms with Gasteiger partial charge in [0.05, 0.1) is 40.6 Å². The number of hydrogen-bond acceptors (Lipinski definition) is 8. The fourth-order valence-electron chi connectivity index (χ4n) is 8.51. The van der Waals surface area contributed by atoms with E-state index in [9.17, 15) is 10.2 Å². The summed E-state index contributed by atoms with van der Waals surface area (Å²) in [5, 5.41) is 21.3. The van der Waals surface area contributed by atoms with E-state index in [2.05, 4.69) is 61.8 Å². The molecular weight excluding hydrogens is 580 g/mol. The Morgan fingerprint density at radius 1 is 0.609 bits per heavy atom. The molecule has 0 aromatic heterocycles. The van der Waals surface area contributed by atoms with Crippen LogP contribution in [0.15, 0.2) is 24.3 Å². The molecule has 256 valence electrons. The molecule has 0 aliphatic carbocycles. The third kappa shape index (κ3) is 7.46. The van der Waals surface area contributed by atoms with Crippen molar-refractivity contribution in [2.24, 2.45) is 23.7 Å². The highest BCUT2D eigenvalue weighted by Crippen LogP contribution is 2.45. The van der Waals surface area contributed by atoms with Crippen molar-refractivity contribution in [3.8, 4) is 23.0 Å². The van der Waals surface area contributed by atoms with Crippen LogP contribution in [0.1, 0.15) is 87.7 Å². The van der Waals surface area contributed by atoms with E-state index < -0.39 is 0 Å².